The first-order valence-electron chi connectivity index (χ1n) is 12.9. The van der Waals surface area contributed by atoms with Gasteiger partial charge in [0.05, 0.1) is 17.6 Å². The van der Waals surface area contributed by atoms with Crippen LogP contribution in [0.1, 0.15) is 24.1 Å². The van der Waals surface area contributed by atoms with Crippen LogP contribution in [0.15, 0.2) is 72.8 Å². The van der Waals surface area contributed by atoms with Crippen molar-refractivity contribution in [2.24, 2.45) is 0 Å². The lowest BCUT2D eigenvalue weighted by molar-refractivity contribution is -0.121. The number of hydrogen-bond donors (Lipinski definition) is 3. The lowest BCUT2D eigenvalue weighted by atomic mass is 10.0. The quantitative estimate of drug-likeness (QED) is 0.349. The lowest BCUT2D eigenvalue weighted by Crippen LogP contribution is -2.47. The fraction of sp³-hybridized carbons (Fsp3) is 0.300. The summed E-state index contributed by atoms with van der Waals surface area (Å²) in [4.78, 5) is 32.1. The van der Waals surface area contributed by atoms with Crippen LogP contribution < -0.4 is 16.0 Å². The first kappa shape index (κ1) is 24.7. The molecule has 0 saturated carbocycles. The van der Waals surface area contributed by atoms with Crippen LogP contribution in [0.4, 0.5) is 10.5 Å². The van der Waals surface area contributed by atoms with Crippen molar-refractivity contribution in [2.75, 3.05) is 31.5 Å². The fourth-order valence-electron chi connectivity index (χ4n) is 5.10. The van der Waals surface area contributed by atoms with Gasteiger partial charge in [0.25, 0.3) is 0 Å². The number of fused-ring (bicyclic) bond motifs is 2. The second kappa shape index (κ2) is 11.4. The molecule has 1 aromatic heterocycles. The highest BCUT2D eigenvalue weighted by molar-refractivity contribution is 6.00. The first-order valence-corrected chi connectivity index (χ1v) is 12.9. The normalized spacial score (nSPS) is 14.5. The Hall–Kier alpha value is -3.97. The molecule has 0 radical (unpaired) electrons. The molecule has 0 spiro atoms. The van der Waals surface area contributed by atoms with Crippen LogP contribution in [0.5, 0.6) is 0 Å². The minimum Gasteiger partial charge on any atom is -0.353 e. The van der Waals surface area contributed by atoms with Crippen molar-refractivity contribution in [1.29, 1.82) is 0 Å². The van der Waals surface area contributed by atoms with Gasteiger partial charge in [0.1, 0.15) is 0 Å². The van der Waals surface area contributed by atoms with Gasteiger partial charge in [-0.25, -0.2) is 4.79 Å². The van der Waals surface area contributed by atoms with E-state index in [1.165, 1.54) is 0 Å². The van der Waals surface area contributed by atoms with Gasteiger partial charge >= 0.3 is 6.03 Å². The zero-order valence-corrected chi connectivity index (χ0v) is 21.2. The zero-order valence-electron chi connectivity index (χ0n) is 21.2. The number of pyridine rings is 1. The third kappa shape index (κ3) is 6.24. The molecule has 1 fully saturated rings. The molecule has 0 bridgehead atoms. The van der Waals surface area contributed by atoms with Crippen molar-refractivity contribution in [3.05, 3.63) is 84.1 Å². The van der Waals surface area contributed by atoms with Crippen molar-refractivity contribution >= 4 is 39.3 Å². The van der Waals surface area contributed by atoms with E-state index in [1.807, 2.05) is 61.5 Å². The van der Waals surface area contributed by atoms with Crippen LogP contribution in [0, 0.1) is 6.92 Å². The number of rotatable bonds is 7. The number of aryl methyl sites for hydroxylation is 1. The molecular formula is C30H33N5O2. The van der Waals surface area contributed by atoms with E-state index < -0.39 is 0 Å². The smallest absolute Gasteiger partial charge is 0.319 e. The molecule has 0 atom stereocenters. The predicted molar refractivity (Wildman–Crippen MR) is 149 cm³/mol. The first-order chi connectivity index (χ1) is 18.0. The van der Waals surface area contributed by atoms with Gasteiger partial charge in [-0.2, -0.15) is 0 Å². The molecule has 7 nitrogen and oxygen atoms in total. The molecular weight excluding hydrogens is 462 g/mol. The van der Waals surface area contributed by atoms with Gasteiger partial charge in [-0.05, 0) is 48.2 Å². The number of benzene rings is 3. The number of likely N-dealkylation sites (tertiary alicyclic amines) is 1. The summed E-state index contributed by atoms with van der Waals surface area (Å²) in [5.41, 5.74) is 3.55. The molecule has 1 aliphatic rings. The number of urea groups is 1. The van der Waals surface area contributed by atoms with E-state index >= 15 is 0 Å². The van der Waals surface area contributed by atoms with Crippen LogP contribution in [0.3, 0.4) is 0 Å². The molecule has 190 valence electrons. The van der Waals surface area contributed by atoms with Gasteiger partial charge in [0.15, 0.2) is 0 Å². The highest BCUT2D eigenvalue weighted by Gasteiger charge is 2.21. The van der Waals surface area contributed by atoms with Crippen molar-refractivity contribution in [1.82, 2.24) is 20.5 Å². The Kier molecular flexibility index (Phi) is 7.61. The van der Waals surface area contributed by atoms with Gasteiger partial charge in [-0.3, -0.25) is 9.78 Å². The molecule has 37 heavy (non-hydrogen) atoms. The maximum atomic E-state index is 12.7. The summed E-state index contributed by atoms with van der Waals surface area (Å²) in [6.07, 6.45) is 2.22. The van der Waals surface area contributed by atoms with Crippen LogP contribution in [-0.2, 0) is 11.2 Å². The molecule has 0 unspecified atom stereocenters. The maximum Gasteiger partial charge on any atom is 0.319 e. The van der Waals surface area contributed by atoms with Crippen LogP contribution in [0.2, 0.25) is 0 Å². The number of nitrogens with zero attached hydrogens (tertiary/aromatic N) is 2. The number of amides is 3. The molecule has 3 aromatic carbocycles. The van der Waals surface area contributed by atoms with Crippen molar-refractivity contribution in [2.45, 2.75) is 32.2 Å². The molecule has 3 N–H and O–H groups in total. The van der Waals surface area contributed by atoms with Gasteiger partial charge < -0.3 is 20.9 Å². The van der Waals surface area contributed by atoms with Crippen LogP contribution in [0.25, 0.3) is 21.7 Å². The third-order valence-electron chi connectivity index (χ3n) is 6.99. The van der Waals surface area contributed by atoms with Crippen LogP contribution in [-0.4, -0.2) is 54.0 Å². The van der Waals surface area contributed by atoms with Crippen LogP contribution >= 0.6 is 0 Å². The Morgan fingerprint density at radius 2 is 1.68 bits per heavy atom. The molecule has 3 amide bonds. The summed E-state index contributed by atoms with van der Waals surface area (Å²) in [6.45, 7) is 5.06. The summed E-state index contributed by atoms with van der Waals surface area (Å²) >= 11 is 0. The number of carbonyl (C=O) groups excluding carboxylic acids is 2. The number of anilines is 1. The SMILES string of the molecule is Cc1cc(NC(=O)NCCN2CCC(NC(=O)Cc3cccc4ccccc34)CC2)c2ccccc2n1. The van der Waals surface area contributed by atoms with Gasteiger partial charge in [-0.15, -0.1) is 0 Å². The van der Waals surface area contributed by atoms with E-state index in [4.69, 9.17) is 0 Å². The number of piperidine rings is 1. The summed E-state index contributed by atoms with van der Waals surface area (Å²) in [7, 11) is 0. The van der Waals surface area contributed by atoms with Crippen molar-refractivity contribution in [3.8, 4) is 0 Å². The lowest BCUT2D eigenvalue weighted by Gasteiger charge is -2.32. The molecule has 1 aliphatic heterocycles. The summed E-state index contributed by atoms with van der Waals surface area (Å²) in [5.74, 6) is 0.0759. The van der Waals surface area contributed by atoms with Crippen molar-refractivity contribution in [3.63, 3.8) is 0 Å². The minimum absolute atomic E-state index is 0.0759. The summed E-state index contributed by atoms with van der Waals surface area (Å²) in [5, 5.41) is 12.4. The zero-order chi connectivity index (χ0) is 25.6. The summed E-state index contributed by atoms with van der Waals surface area (Å²) in [6, 6.07) is 24.0. The summed E-state index contributed by atoms with van der Waals surface area (Å²) < 4.78 is 0. The molecule has 2 heterocycles. The molecule has 1 saturated heterocycles. The number of aromatic nitrogens is 1. The largest absolute Gasteiger partial charge is 0.353 e. The fourth-order valence-corrected chi connectivity index (χ4v) is 5.10. The molecule has 4 aromatic rings. The monoisotopic (exact) mass is 495 g/mol. The maximum absolute atomic E-state index is 12.7. The van der Waals surface area contributed by atoms with Crippen molar-refractivity contribution < 1.29 is 9.59 Å². The number of carbonyl (C=O) groups is 2. The standard InChI is InChI=1S/C30H33N5O2/c1-21-19-28(26-11-4-5-12-27(26)32-21)34-30(37)31-15-18-35-16-13-24(14-17-35)33-29(36)20-23-9-6-8-22-7-2-3-10-25(22)23/h2-12,19,24H,13-18,20H2,1H3,(H,33,36)(H2,31,32,34,37). The van der Waals surface area contributed by atoms with E-state index in [1.54, 1.807) is 0 Å². The van der Waals surface area contributed by atoms with E-state index in [0.29, 0.717) is 13.0 Å². The Morgan fingerprint density at radius 1 is 0.946 bits per heavy atom. The van der Waals surface area contributed by atoms with Gasteiger partial charge in [-0.1, -0.05) is 60.7 Å². The highest BCUT2D eigenvalue weighted by atomic mass is 16.2. The number of nitrogens with one attached hydrogen (secondary N) is 3. The second-order valence-electron chi connectivity index (χ2n) is 9.71. The van der Waals surface area contributed by atoms with E-state index in [-0.39, 0.29) is 18.0 Å². The average Bonchev–Trinajstić information content (AvgIpc) is 2.90. The third-order valence-corrected chi connectivity index (χ3v) is 6.99. The Bertz CT molecular complexity index is 1410. The Morgan fingerprint density at radius 3 is 2.51 bits per heavy atom. The van der Waals surface area contributed by atoms with E-state index in [9.17, 15) is 9.59 Å². The molecule has 0 aliphatic carbocycles. The highest BCUT2D eigenvalue weighted by Crippen LogP contribution is 2.23. The molecule has 5 rings (SSSR count). The Balaban J connectivity index is 1.04. The predicted octanol–water partition coefficient (Wildman–Crippen LogP) is 4.64. The van der Waals surface area contributed by atoms with E-state index in [2.05, 4.69) is 44.0 Å². The second-order valence-corrected chi connectivity index (χ2v) is 9.71. The average molecular weight is 496 g/mol. The topological polar surface area (TPSA) is 86.4 Å². The number of hydrogen-bond acceptors (Lipinski definition) is 4. The van der Waals surface area contributed by atoms with E-state index in [0.717, 1.165) is 71.1 Å². The minimum atomic E-state index is -0.216. The Labute approximate surface area is 217 Å². The number of para-hydroxylation sites is 1. The molecule has 7 heteroatoms. The van der Waals surface area contributed by atoms with Gasteiger partial charge in [0.2, 0.25) is 5.91 Å². The van der Waals surface area contributed by atoms with Gasteiger partial charge in [0, 0.05) is 43.3 Å².